The monoisotopic (exact) mass is 256 g/mol. The van der Waals surface area contributed by atoms with Crippen molar-refractivity contribution < 1.29 is 4.79 Å². The van der Waals surface area contributed by atoms with Crippen LogP contribution in [-0.2, 0) is 4.79 Å². The van der Waals surface area contributed by atoms with Gasteiger partial charge >= 0.3 is 0 Å². The summed E-state index contributed by atoms with van der Waals surface area (Å²) in [4.78, 5) is 11.9. The van der Waals surface area contributed by atoms with Gasteiger partial charge in [-0.1, -0.05) is 62.9 Å². The fraction of sp³-hybridized carbons (Fsp3) is 0.611. The lowest BCUT2D eigenvalue weighted by Crippen LogP contribution is -2.20. The molecule has 1 nitrogen and oxygen atoms in total. The van der Waals surface area contributed by atoms with Crippen molar-refractivity contribution in [1.29, 1.82) is 0 Å². The molecule has 0 amide bonds. The molecule has 0 bridgehead atoms. The second kappa shape index (κ2) is 4.77. The maximum Gasteiger partial charge on any atom is 0.127 e. The van der Waals surface area contributed by atoms with Crippen molar-refractivity contribution >= 4 is 6.29 Å². The van der Waals surface area contributed by atoms with Gasteiger partial charge in [0.2, 0.25) is 0 Å². The van der Waals surface area contributed by atoms with Gasteiger partial charge in [-0.05, 0) is 30.2 Å². The normalized spacial score (nSPS) is 36.6. The van der Waals surface area contributed by atoms with Gasteiger partial charge in [-0.3, -0.25) is 0 Å². The molecular formula is C18H24O. The van der Waals surface area contributed by atoms with Gasteiger partial charge in [0.15, 0.2) is 0 Å². The maximum atomic E-state index is 11.9. The molecule has 3 atom stereocenters. The van der Waals surface area contributed by atoms with E-state index in [1.54, 1.807) is 0 Å². The lowest BCUT2D eigenvalue weighted by Gasteiger charge is -2.26. The molecule has 0 unspecified atom stereocenters. The largest absolute Gasteiger partial charge is 0.303 e. The molecule has 0 radical (unpaired) electrons. The van der Waals surface area contributed by atoms with E-state index >= 15 is 0 Å². The predicted molar refractivity (Wildman–Crippen MR) is 78.1 cm³/mol. The van der Waals surface area contributed by atoms with E-state index in [0.29, 0.717) is 11.3 Å². The molecule has 3 rings (SSSR count). The highest BCUT2D eigenvalue weighted by molar-refractivity contribution is 5.72. The van der Waals surface area contributed by atoms with Crippen molar-refractivity contribution in [2.75, 3.05) is 0 Å². The van der Waals surface area contributed by atoms with E-state index in [0.717, 1.165) is 6.42 Å². The summed E-state index contributed by atoms with van der Waals surface area (Å²) in [5, 5.41) is 0. The van der Waals surface area contributed by atoms with E-state index in [9.17, 15) is 4.79 Å². The number of unbranched alkanes of at least 4 members (excludes halogenated alkanes) is 1. The summed E-state index contributed by atoms with van der Waals surface area (Å²) >= 11 is 0. The number of aldehydes is 1. The van der Waals surface area contributed by atoms with Crippen molar-refractivity contribution in [2.45, 2.75) is 57.8 Å². The average Bonchev–Trinajstić information content (AvgIpc) is 3.10. The molecule has 2 saturated carbocycles. The molecule has 19 heavy (non-hydrogen) atoms. The molecule has 2 aliphatic carbocycles. The van der Waals surface area contributed by atoms with Crippen LogP contribution < -0.4 is 0 Å². The van der Waals surface area contributed by atoms with Gasteiger partial charge in [0.1, 0.15) is 6.29 Å². The first kappa shape index (κ1) is 12.9. The second-order valence-corrected chi connectivity index (χ2v) is 6.47. The molecule has 0 aliphatic heterocycles. The van der Waals surface area contributed by atoms with Gasteiger partial charge in [0, 0.05) is 11.3 Å². The number of rotatable bonds is 5. The summed E-state index contributed by atoms with van der Waals surface area (Å²) in [7, 11) is 0. The van der Waals surface area contributed by atoms with Crippen LogP contribution in [0.1, 0.15) is 63.4 Å². The molecule has 102 valence electrons. The topological polar surface area (TPSA) is 17.1 Å². The molecule has 1 aromatic carbocycles. The minimum Gasteiger partial charge on any atom is -0.303 e. The first-order valence-electron chi connectivity index (χ1n) is 7.82. The van der Waals surface area contributed by atoms with Gasteiger partial charge < -0.3 is 4.79 Å². The van der Waals surface area contributed by atoms with Crippen LogP contribution in [0.4, 0.5) is 0 Å². The molecule has 0 aromatic heterocycles. The summed E-state index contributed by atoms with van der Waals surface area (Å²) in [6.07, 6.45) is 9.96. The molecule has 0 N–H and O–H groups in total. The zero-order valence-electron chi connectivity index (χ0n) is 11.9. The number of hydrogen-bond donors (Lipinski definition) is 0. The van der Waals surface area contributed by atoms with E-state index in [1.807, 2.05) is 0 Å². The van der Waals surface area contributed by atoms with E-state index < -0.39 is 0 Å². The Morgan fingerprint density at radius 2 is 1.95 bits per heavy atom. The summed E-state index contributed by atoms with van der Waals surface area (Å²) in [5.74, 6) is 0.493. The molecule has 0 spiro atoms. The molecule has 1 aromatic rings. The highest BCUT2D eigenvalue weighted by Crippen LogP contribution is 2.80. The molecule has 2 fully saturated rings. The number of hydrogen-bond acceptors (Lipinski definition) is 1. The second-order valence-electron chi connectivity index (χ2n) is 6.47. The summed E-state index contributed by atoms with van der Waals surface area (Å²) in [5.41, 5.74) is 1.67. The fourth-order valence-corrected chi connectivity index (χ4v) is 4.82. The third-order valence-corrected chi connectivity index (χ3v) is 5.69. The van der Waals surface area contributed by atoms with Crippen molar-refractivity contribution in [3.05, 3.63) is 35.9 Å². The third kappa shape index (κ3) is 1.70. The van der Waals surface area contributed by atoms with Crippen LogP contribution in [-0.4, -0.2) is 6.29 Å². The number of fused-ring (bicyclic) bond motifs is 1. The highest BCUT2D eigenvalue weighted by Gasteiger charge is 2.75. The van der Waals surface area contributed by atoms with Crippen LogP contribution in [0.15, 0.2) is 30.3 Å². The fourth-order valence-electron chi connectivity index (χ4n) is 4.82. The smallest absolute Gasteiger partial charge is 0.127 e. The number of carbonyl (C=O) groups is 1. The summed E-state index contributed by atoms with van der Waals surface area (Å²) < 4.78 is 0. The maximum absolute atomic E-state index is 11.9. The lowest BCUT2D eigenvalue weighted by atomic mass is 9.77. The van der Waals surface area contributed by atoms with Crippen LogP contribution in [0.5, 0.6) is 0 Å². The van der Waals surface area contributed by atoms with E-state index in [2.05, 4.69) is 37.3 Å². The molecule has 0 heterocycles. The van der Waals surface area contributed by atoms with Crippen LogP contribution in [0.3, 0.4) is 0 Å². The summed E-state index contributed by atoms with van der Waals surface area (Å²) in [6, 6.07) is 10.8. The SMILES string of the molecule is CCCC[C@]12CCCC[C@@]1(C=O)[C@@H]2c1ccccc1. The standard InChI is InChI=1S/C18H24O/c1-2-3-11-17-12-7-8-13-18(17,14-19)16(17)15-9-5-4-6-10-15/h4-6,9-10,14,16H,2-3,7-8,11-13H2,1H3/t16-,17-,18-/m1/s1. The van der Waals surface area contributed by atoms with Crippen LogP contribution >= 0.6 is 0 Å². The summed E-state index contributed by atoms with van der Waals surface area (Å²) in [6.45, 7) is 2.25. The van der Waals surface area contributed by atoms with Crippen LogP contribution in [0.25, 0.3) is 0 Å². The van der Waals surface area contributed by atoms with Gasteiger partial charge in [0.05, 0.1) is 0 Å². The number of benzene rings is 1. The van der Waals surface area contributed by atoms with Crippen LogP contribution in [0.2, 0.25) is 0 Å². The first-order chi connectivity index (χ1) is 9.31. The van der Waals surface area contributed by atoms with Gasteiger partial charge in [-0.15, -0.1) is 0 Å². The Balaban J connectivity index is 1.96. The highest BCUT2D eigenvalue weighted by atomic mass is 16.1. The molecule has 2 aliphatic rings. The van der Waals surface area contributed by atoms with Crippen LogP contribution in [0, 0.1) is 10.8 Å². The quantitative estimate of drug-likeness (QED) is 0.697. The minimum atomic E-state index is -0.0260. The first-order valence-corrected chi connectivity index (χ1v) is 7.82. The zero-order chi connectivity index (χ0) is 13.3. The van der Waals surface area contributed by atoms with E-state index in [4.69, 9.17) is 0 Å². The van der Waals surface area contributed by atoms with E-state index in [-0.39, 0.29) is 5.41 Å². The van der Waals surface area contributed by atoms with Crippen molar-refractivity contribution in [2.24, 2.45) is 10.8 Å². The average molecular weight is 256 g/mol. The van der Waals surface area contributed by atoms with Crippen molar-refractivity contribution in [1.82, 2.24) is 0 Å². The van der Waals surface area contributed by atoms with Crippen molar-refractivity contribution in [3.8, 4) is 0 Å². The molecular weight excluding hydrogens is 232 g/mol. The zero-order valence-corrected chi connectivity index (χ0v) is 11.9. The Labute approximate surface area is 116 Å². The Morgan fingerprint density at radius 3 is 2.63 bits per heavy atom. The van der Waals surface area contributed by atoms with E-state index in [1.165, 1.54) is 50.4 Å². The minimum absolute atomic E-state index is 0.0260. The number of carbonyl (C=O) groups excluding carboxylic acids is 1. The van der Waals surface area contributed by atoms with Crippen molar-refractivity contribution in [3.63, 3.8) is 0 Å². The Morgan fingerprint density at radius 1 is 1.21 bits per heavy atom. The lowest BCUT2D eigenvalue weighted by molar-refractivity contribution is -0.114. The van der Waals surface area contributed by atoms with Gasteiger partial charge in [-0.25, -0.2) is 0 Å². The third-order valence-electron chi connectivity index (χ3n) is 5.69. The molecule has 0 saturated heterocycles. The van der Waals surface area contributed by atoms with Gasteiger partial charge in [-0.2, -0.15) is 0 Å². The molecule has 1 heteroatoms. The Hall–Kier alpha value is -1.11. The Bertz CT molecular complexity index is 452. The Kier molecular flexibility index (Phi) is 3.24. The van der Waals surface area contributed by atoms with Gasteiger partial charge in [0.25, 0.3) is 0 Å². The predicted octanol–water partition coefficient (Wildman–Crippen LogP) is 4.72.